The number of nitrogens with two attached hydrogens (primary N) is 1. The molecule has 1 amide bonds. The summed E-state index contributed by atoms with van der Waals surface area (Å²) in [5.41, 5.74) is 8.31. The first-order valence-corrected chi connectivity index (χ1v) is 7.55. The largest absolute Gasteiger partial charge is 0.333 e. The SMILES string of the molecule is Cc1ccn2cc(C(=O)N3CCC(C)CC3CN)nc2c1.Cl.Cl. The van der Waals surface area contributed by atoms with Crippen LogP contribution in [0.3, 0.4) is 0 Å². The van der Waals surface area contributed by atoms with Crippen LogP contribution in [0.25, 0.3) is 5.65 Å². The van der Waals surface area contributed by atoms with E-state index in [1.807, 2.05) is 40.8 Å². The number of aryl methyl sites for hydroxylation is 1. The highest BCUT2D eigenvalue weighted by molar-refractivity contribution is 5.93. The van der Waals surface area contributed by atoms with Gasteiger partial charge in [-0.05, 0) is 43.4 Å². The van der Waals surface area contributed by atoms with Crippen LogP contribution in [0.15, 0.2) is 24.5 Å². The molecule has 0 saturated carbocycles. The smallest absolute Gasteiger partial charge is 0.274 e. The molecule has 23 heavy (non-hydrogen) atoms. The lowest BCUT2D eigenvalue weighted by Gasteiger charge is -2.37. The molecule has 2 atom stereocenters. The number of imidazole rings is 1. The van der Waals surface area contributed by atoms with E-state index < -0.39 is 0 Å². The third-order valence-corrected chi connectivity index (χ3v) is 4.35. The maximum absolute atomic E-state index is 12.7. The average molecular weight is 359 g/mol. The summed E-state index contributed by atoms with van der Waals surface area (Å²) < 4.78 is 1.89. The minimum atomic E-state index is -0.00120. The molecule has 0 bridgehead atoms. The minimum Gasteiger partial charge on any atom is -0.333 e. The maximum atomic E-state index is 12.7. The van der Waals surface area contributed by atoms with Crippen LogP contribution < -0.4 is 5.73 Å². The molecular weight excluding hydrogens is 335 g/mol. The summed E-state index contributed by atoms with van der Waals surface area (Å²) in [7, 11) is 0. The van der Waals surface area contributed by atoms with Crippen LogP contribution >= 0.6 is 24.8 Å². The lowest BCUT2D eigenvalue weighted by atomic mass is 9.92. The third kappa shape index (κ3) is 3.97. The van der Waals surface area contributed by atoms with Crippen LogP contribution in [-0.2, 0) is 0 Å². The van der Waals surface area contributed by atoms with Gasteiger partial charge in [-0.2, -0.15) is 0 Å². The van der Waals surface area contributed by atoms with Crippen LogP contribution in [0.5, 0.6) is 0 Å². The third-order valence-electron chi connectivity index (χ3n) is 4.35. The summed E-state index contributed by atoms with van der Waals surface area (Å²) >= 11 is 0. The van der Waals surface area contributed by atoms with Crippen LogP contribution in [-0.4, -0.2) is 39.3 Å². The van der Waals surface area contributed by atoms with Crippen LogP contribution in [0.4, 0.5) is 0 Å². The van der Waals surface area contributed by atoms with Crippen molar-refractivity contribution in [1.82, 2.24) is 14.3 Å². The highest BCUT2D eigenvalue weighted by Gasteiger charge is 2.30. The highest BCUT2D eigenvalue weighted by atomic mass is 35.5. The summed E-state index contributed by atoms with van der Waals surface area (Å²) in [5, 5.41) is 0. The molecule has 2 unspecified atom stereocenters. The number of fused-ring (bicyclic) bond motifs is 1. The number of carbonyl (C=O) groups excluding carboxylic acids is 1. The minimum absolute atomic E-state index is 0. The van der Waals surface area contributed by atoms with Crippen molar-refractivity contribution in [3.8, 4) is 0 Å². The molecule has 1 saturated heterocycles. The van der Waals surface area contributed by atoms with Gasteiger partial charge in [-0.3, -0.25) is 4.79 Å². The summed E-state index contributed by atoms with van der Waals surface area (Å²) in [6, 6.07) is 4.12. The molecule has 2 aromatic heterocycles. The van der Waals surface area contributed by atoms with Crippen molar-refractivity contribution >= 4 is 36.4 Å². The van der Waals surface area contributed by atoms with E-state index in [1.54, 1.807) is 0 Å². The van der Waals surface area contributed by atoms with Crippen molar-refractivity contribution in [3.63, 3.8) is 0 Å². The first-order chi connectivity index (χ1) is 10.1. The number of halogens is 2. The number of pyridine rings is 1. The second-order valence-electron chi connectivity index (χ2n) is 6.11. The first kappa shape index (κ1) is 19.7. The molecule has 0 aliphatic carbocycles. The number of likely N-dealkylation sites (tertiary alicyclic amines) is 1. The Morgan fingerprint density at radius 1 is 1.43 bits per heavy atom. The van der Waals surface area contributed by atoms with Crippen molar-refractivity contribution < 1.29 is 4.79 Å². The van der Waals surface area contributed by atoms with E-state index in [1.165, 1.54) is 0 Å². The van der Waals surface area contributed by atoms with E-state index in [4.69, 9.17) is 5.73 Å². The summed E-state index contributed by atoms with van der Waals surface area (Å²) in [4.78, 5) is 19.1. The van der Waals surface area contributed by atoms with Gasteiger partial charge in [-0.1, -0.05) is 6.92 Å². The van der Waals surface area contributed by atoms with Gasteiger partial charge < -0.3 is 15.0 Å². The maximum Gasteiger partial charge on any atom is 0.274 e. The quantitative estimate of drug-likeness (QED) is 0.897. The number of carbonyl (C=O) groups is 1. The number of amides is 1. The number of piperidine rings is 1. The molecule has 5 nitrogen and oxygen atoms in total. The van der Waals surface area contributed by atoms with Crippen LogP contribution in [0.2, 0.25) is 0 Å². The molecule has 3 heterocycles. The van der Waals surface area contributed by atoms with E-state index in [0.29, 0.717) is 18.2 Å². The lowest BCUT2D eigenvalue weighted by molar-refractivity contribution is 0.0568. The zero-order valence-corrected chi connectivity index (χ0v) is 15.1. The number of hydrogen-bond donors (Lipinski definition) is 1. The van der Waals surface area contributed by atoms with Crippen molar-refractivity contribution in [2.75, 3.05) is 13.1 Å². The standard InChI is InChI=1S/C16H22N4O.2ClH/c1-11-4-6-20(13(7-11)9-17)16(21)14-10-19-5-3-12(2)8-15(19)18-14;;/h3,5,8,10-11,13H,4,6-7,9,17H2,1-2H3;2*1H. The van der Waals surface area contributed by atoms with Crippen molar-refractivity contribution in [1.29, 1.82) is 0 Å². The Hall–Kier alpha value is -1.30. The van der Waals surface area contributed by atoms with E-state index in [9.17, 15) is 4.79 Å². The number of nitrogens with zero attached hydrogens (tertiary/aromatic N) is 3. The van der Waals surface area contributed by atoms with Gasteiger partial charge in [0.2, 0.25) is 0 Å². The Morgan fingerprint density at radius 3 is 2.87 bits per heavy atom. The van der Waals surface area contributed by atoms with Gasteiger partial charge in [0, 0.05) is 31.5 Å². The van der Waals surface area contributed by atoms with Crippen LogP contribution in [0, 0.1) is 12.8 Å². The zero-order valence-electron chi connectivity index (χ0n) is 13.4. The van der Waals surface area contributed by atoms with Gasteiger partial charge in [0.1, 0.15) is 11.3 Å². The van der Waals surface area contributed by atoms with Gasteiger partial charge in [0.05, 0.1) is 0 Å². The molecule has 1 fully saturated rings. The molecule has 0 spiro atoms. The molecule has 3 rings (SSSR count). The number of aromatic nitrogens is 2. The van der Waals surface area contributed by atoms with E-state index in [-0.39, 0.29) is 36.8 Å². The molecule has 1 aliphatic heterocycles. The molecule has 2 aromatic rings. The van der Waals surface area contributed by atoms with E-state index in [0.717, 1.165) is 30.6 Å². The molecule has 7 heteroatoms. The van der Waals surface area contributed by atoms with Crippen LogP contribution in [0.1, 0.15) is 35.8 Å². The molecule has 128 valence electrons. The Morgan fingerprint density at radius 2 is 2.17 bits per heavy atom. The zero-order chi connectivity index (χ0) is 15.0. The fraction of sp³-hybridized carbons (Fsp3) is 0.500. The Labute approximate surface area is 149 Å². The Balaban J connectivity index is 0.00000132. The second kappa shape index (κ2) is 7.99. The fourth-order valence-corrected chi connectivity index (χ4v) is 3.08. The topological polar surface area (TPSA) is 63.6 Å². The number of rotatable bonds is 2. The van der Waals surface area contributed by atoms with Crippen molar-refractivity contribution in [2.24, 2.45) is 11.7 Å². The molecule has 0 radical (unpaired) electrons. The molecule has 0 aromatic carbocycles. The van der Waals surface area contributed by atoms with Gasteiger partial charge in [0.15, 0.2) is 0 Å². The molecule has 2 N–H and O–H groups in total. The van der Waals surface area contributed by atoms with E-state index in [2.05, 4.69) is 11.9 Å². The fourth-order valence-electron chi connectivity index (χ4n) is 3.08. The van der Waals surface area contributed by atoms with Crippen molar-refractivity contribution in [2.45, 2.75) is 32.7 Å². The van der Waals surface area contributed by atoms with Crippen molar-refractivity contribution in [3.05, 3.63) is 35.8 Å². The van der Waals surface area contributed by atoms with Gasteiger partial charge in [-0.25, -0.2) is 4.98 Å². The Bertz CT molecular complexity index is 673. The number of hydrogen-bond acceptors (Lipinski definition) is 3. The lowest BCUT2D eigenvalue weighted by Crippen LogP contribution is -2.49. The predicted octanol–water partition coefficient (Wildman–Crippen LogP) is 2.69. The van der Waals surface area contributed by atoms with Gasteiger partial charge in [0.25, 0.3) is 5.91 Å². The molecule has 1 aliphatic rings. The summed E-state index contributed by atoms with van der Waals surface area (Å²) in [6.45, 7) is 5.53. The average Bonchev–Trinajstić information content (AvgIpc) is 2.89. The summed E-state index contributed by atoms with van der Waals surface area (Å²) in [5.74, 6) is 0.630. The predicted molar refractivity (Wildman–Crippen MR) is 96.7 cm³/mol. The van der Waals surface area contributed by atoms with Gasteiger partial charge >= 0.3 is 0 Å². The van der Waals surface area contributed by atoms with E-state index >= 15 is 0 Å². The normalized spacial score (nSPS) is 20.7. The Kier molecular flexibility index (Phi) is 6.86. The van der Waals surface area contributed by atoms with Gasteiger partial charge in [-0.15, -0.1) is 24.8 Å². The highest BCUT2D eigenvalue weighted by Crippen LogP contribution is 2.23. The second-order valence-corrected chi connectivity index (χ2v) is 6.11. The summed E-state index contributed by atoms with van der Waals surface area (Å²) in [6.07, 6.45) is 5.76. The first-order valence-electron chi connectivity index (χ1n) is 7.55. The molecular formula is C16H24Cl2N4O. The monoisotopic (exact) mass is 358 g/mol.